The van der Waals surface area contributed by atoms with Crippen molar-refractivity contribution in [3.05, 3.63) is 190 Å². The standard InChI is InChI=1S/C42H26O4/c43-41(25-13-3-1-4-14-25)45-39-33-23-27-17-7-8-18-28(27)24-34(33)40(46-42(44)26-15-5-2-6-16-26)38-36-31-21-11-9-19-29(31)35(37(38)39)30-20-10-12-22-32(30)36/h1-24,35-36H. The van der Waals surface area contributed by atoms with Gasteiger partial charge in [0.2, 0.25) is 0 Å². The molecule has 4 heteroatoms. The zero-order valence-electron chi connectivity index (χ0n) is 24.6. The van der Waals surface area contributed by atoms with Crippen LogP contribution in [0, 0.1) is 0 Å². The Bertz CT molecular complexity index is 2150. The first-order chi connectivity index (χ1) is 22.7. The lowest BCUT2D eigenvalue weighted by atomic mass is 9.60. The first kappa shape index (κ1) is 26.4. The first-order valence-corrected chi connectivity index (χ1v) is 15.4. The number of carbonyl (C=O) groups excluding carboxylic acids is 2. The van der Waals surface area contributed by atoms with Gasteiger partial charge in [-0.15, -0.1) is 0 Å². The van der Waals surface area contributed by atoms with Crippen LogP contribution in [0.5, 0.6) is 11.5 Å². The van der Waals surface area contributed by atoms with Gasteiger partial charge in [-0.05, 0) is 69.4 Å². The van der Waals surface area contributed by atoms with Crippen LogP contribution in [0.3, 0.4) is 0 Å². The number of ether oxygens (including phenoxy) is 2. The summed E-state index contributed by atoms with van der Waals surface area (Å²) in [5.74, 6) is -0.318. The maximum absolute atomic E-state index is 13.8. The van der Waals surface area contributed by atoms with Crippen LogP contribution < -0.4 is 9.47 Å². The highest BCUT2D eigenvalue weighted by Gasteiger charge is 2.46. The van der Waals surface area contributed by atoms with Gasteiger partial charge in [-0.2, -0.15) is 0 Å². The van der Waals surface area contributed by atoms with Crippen molar-refractivity contribution in [3.63, 3.8) is 0 Å². The van der Waals surface area contributed by atoms with Crippen molar-refractivity contribution in [3.8, 4) is 11.5 Å². The molecule has 7 aromatic carbocycles. The van der Waals surface area contributed by atoms with E-state index in [-0.39, 0.29) is 11.8 Å². The van der Waals surface area contributed by atoms with Gasteiger partial charge < -0.3 is 9.47 Å². The monoisotopic (exact) mass is 594 g/mol. The fourth-order valence-corrected chi connectivity index (χ4v) is 7.43. The third-order valence-corrected chi connectivity index (χ3v) is 9.38. The molecule has 0 amide bonds. The Morgan fingerprint density at radius 1 is 0.413 bits per heavy atom. The number of carbonyl (C=O) groups is 2. The molecule has 7 aromatic rings. The van der Waals surface area contributed by atoms with Gasteiger partial charge in [0.05, 0.1) is 11.1 Å². The normalized spacial score (nSPS) is 15.6. The summed E-state index contributed by atoms with van der Waals surface area (Å²) in [5.41, 5.74) is 7.31. The van der Waals surface area contributed by atoms with Crippen LogP contribution in [0.4, 0.5) is 0 Å². The summed E-state index contributed by atoms with van der Waals surface area (Å²) in [6, 6.07) is 47.2. The molecular formula is C42H26O4. The van der Waals surface area contributed by atoms with E-state index in [0.29, 0.717) is 22.6 Å². The molecule has 46 heavy (non-hydrogen) atoms. The Kier molecular flexibility index (Phi) is 5.90. The molecule has 0 aliphatic heterocycles. The second-order valence-corrected chi connectivity index (χ2v) is 11.9. The molecule has 0 heterocycles. The minimum atomic E-state index is -0.436. The van der Waals surface area contributed by atoms with Crippen LogP contribution in [-0.4, -0.2) is 11.9 Å². The average molecular weight is 595 g/mol. The van der Waals surface area contributed by atoms with E-state index in [9.17, 15) is 9.59 Å². The van der Waals surface area contributed by atoms with Gasteiger partial charge in [0.1, 0.15) is 11.5 Å². The topological polar surface area (TPSA) is 52.6 Å². The van der Waals surface area contributed by atoms with E-state index in [0.717, 1.165) is 54.9 Å². The second-order valence-electron chi connectivity index (χ2n) is 11.9. The van der Waals surface area contributed by atoms with E-state index in [2.05, 4.69) is 60.7 Å². The third kappa shape index (κ3) is 3.93. The van der Waals surface area contributed by atoms with Crippen molar-refractivity contribution in [1.82, 2.24) is 0 Å². The lowest BCUT2D eigenvalue weighted by molar-refractivity contribution is 0.0720. The number of rotatable bonds is 4. The Morgan fingerprint density at radius 2 is 0.739 bits per heavy atom. The van der Waals surface area contributed by atoms with Crippen LogP contribution in [0.2, 0.25) is 0 Å². The van der Waals surface area contributed by atoms with Crippen molar-refractivity contribution >= 4 is 33.5 Å². The highest BCUT2D eigenvalue weighted by atomic mass is 16.5. The predicted octanol–water partition coefficient (Wildman–Crippen LogP) is 9.42. The van der Waals surface area contributed by atoms with Gasteiger partial charge in [0, 0.05) is 33.7 Å². The van der Waals surface area contributed by atoms with Crippen molar-refractivity contribution < 1.29 is 19.1 Å². The molecule has 0 saturated heterocycles. The summed E-state index contributed by atoms with van der Waals surface area (Å²) in [5, 5.41) is 3.43. The van der Waals surface area contributed by atoms with Crippen molar-refractivity contribution in [2.24, 2.45) is 0 Å². The maximum atomic E-state index is 13.8. The van der Waals surface area contributed by atoms with Gasteiger partial charge in [-0.25, -0.2) is 9.59 Å². The van der Waals surface area contributed by atoms with E-state index in [1.165, 1.54) is 0 Å². The largest absolute Gasteiger partial charge is 0.422 e. The number of esters is 2. The van der Waals surface area contributed by atoms with Crippen LogP contribution in [-0.2, 0) is 0 Å². The van der Waals surface area contributed by atoms with Gasteiger partial charge >= 0.3 is 11.9 Å². The zero-order chi connectivity index (χ0) is 30.8. The summed E-state index contributed by atoms with van der Waals surface area (Å²) in [6.45, 7) is 0. The maximum Gasteiger partial charge on any atom is 0.343 e. The summed E-state index contributed by atoms with van der Waals surface area (Å²) in [7, 11) is 0. The lowest BCUT2D eigenvalue weighted by Gasteiger charge is -2.43. The van der Waals surface area contributed by atoms with Gasteiger partial charge in [-0.1, -0.05) is 109 Å². The van der Waals surface area contributed by atoms with Crippen molar-refractivity contribution in [1.29, 1.82) is 0 Å². The minimum Gasteiger partial charge on any atom is -0.422 e. The molecule has 0 radical (unpaired) electrons. The highest BCUT2D eigenvalue weighted by Crippen LogP contribution is 2.62. The molecule has 3 aliphatic rings. The van der Waals surface area contributed by atoms with Gasteiger partial charge in [0.15, 0.2) is 0 Å². The van der Waals surface area contributed by atoms with Crippen LogP contribution >= 0.6 is 0 Å². The molecule has 0 saturated carbocycles. The van der Waals surface area contributed by atoms with Crippen molar-refractivity contribution in [2.75, 3.05) is 0 Å². The smallest absolute Gasteiger partial charge is 0.343 e. The lowest BCUT2D eigenvalue weighted by Crippen LogP contribution is -2.29. The Balaban J connectivity index is 1.40. The van der Waals surface area contributed by atoms with Crippen molar-refractivity contribution in [2.45, 2.75) is 11.8 Å². The SMILES string of the molecule is O=C(Oc1c2c(c(OC(=O)c3ccccc3)c3cc4ccccc4cc13)C1c3ccccc3C2c2ccccc21)c1ccccc1. The average Bonchev–Trinajstić information content (AvgIpc) is 3.12. The van der Waals surface area contributed by atoms with Crippen LogP contribution in [0.1, 0.15) is 65.9 Å². The molecule has 0 spiro atoms. The minimum absolute atomic E-state index is 0.226. The van der Waals surface area contributed by atoms with E-state index >= 15 is 0 Å². The van der Waals surface area contributed by atoms with Crippen LogP contribution in [0.25, 0.3) is 21.5 Å². The molecule has 0 aromatic heterocycles. The molecule has 4 nitrogen and oxygen atoms in total. The predicted molar refractivity (Wildman–Crippen MR) is 179 cm³/mol. The third-order valence-electron chi connectivity index (χ3n) is 9.38. The summed E-state index contributed by atoms with van der Waals surface area (Å²) in [6.07, 6.45) is 0. The van der Waals surface area contributed by atoms with E-state index in [1.807, 2.05) is 60.7 Å². The second kappa shape index (κ2) is 10.3. The molecule has 0 unspecified atom stereocenters. The fraction of sp³-hybridized carbons (Fsp3) is 0.0476. The summed E-state index contributed by atoms with van der Waals surface area (Å²) < 4.78 is 13.0. The molecule has 0 fully saturated rings. The quantitative estimate of drug-likeness (QED) is 0.116. The van der Waals surface area contributed by atoms with E-state index in [1.54, 1.807) is 24.3 Å². The molecule has 3 aliphatic carbocycles. The van der Waals surface area contributed by atoms with Gasteiger partial charge in [0.25, 0.3) is 0 Å². The molecule has 218 valence electrons. The first-order valence-electron chi connectivity index (χ1n) is 15.4. The van der Waals surface area contributed by atoms with E-state index in [4.69, 9.17) is 9.47 Å². The Morgan fingerprint density at radius 3 is 1.11 bits per heavy atom. The number of fused-ring (bicyclic) bond motifs is 2. The van der Waals surface area contributed by atoms with Gasteiger partial charge in [-0.3, -0.25) is 0 Å². The van der Waals surface area contributed by atoms with Crippen LogP contribution in [0.15, 0.2) is 146 Å². The number of hydrogen-bond donors (Lipinski definition) is 0. The zero-order valence-corrected chi connectivity index (χ0v) is 24.6. The summed E-state index contributed by atoms with van der Waals surface area (Å²) >= 11 is 0. The summed E-state index contributed by atoms with van der Waals surface area (Å²) in [4.78, 5) is 27.7. The Hall–Kier alpha value is -6.00. The molecule has 2 bridgehead atoms. The molecule has 10 rings (SSSR count). The van der Waals surface area contributed by atoms with E-state index < -0.39 is 11.9 Å². The fourth-order valence-electron chi connectivity index (χ4n) is 7.43. The molecular weight excluding hydrogens is 568 g/mol. The molecule has 0 N–H and O–H groups in total. The Labute approximate surface area is 265 Å². The number of benzene rings is 7. The molecule has 0 atom stereocenters. The highest BCUT2D eigenvalue weighted by molar-refractivity contribution is 6.09. The number of hydrogen-bond acceptors (Lipinski definition) is 4.